The lowest BCUT2D eigenvalue weighted by molar-refractivity contribution is -0.133. The third kappa shape index (κ3) is 3.82. The normalized spacial score (nSPS) is 20.9. The van der Waals surface area contributed by atoms with Crippen LogP contribution in [0.4, 0.5) is 0 Å². The molecule has 0 N–H and O–H groups in total. The highest BCUT2D eigenvalue weighted by Crippen LogP contribution is 2.19. The molecule has 15 heavy (non-hydrogen) atoms. The van der Waals surface area contributed by atoms with Crippen molar-refractivity contribution in [3.8, 4) is 0 Å². The molecule has 1 heterocycles. The molecule has 0 aliphatic carbocycles. The van der Waals surface area contributed by atoms with Crippen molar-refractivity contribution >= 4 is 5.91 Å². The van der Waals surface area contributed by atoms with Gasteiger partial charge in [-0.05, 0) is 26.2 Å². The van der Waals surface area contributed by atoms with Gasteiger partial charge in [-0.2, -0.15) is 0 Å². The van der Waals surface area contributed by atoms with Gasteiger partial charge in [-0.25, -0.2) is 0 Å². The molecule has 1 unspecified atom stereocenters. The minimum Gasteiger partial charge on any atom is -0.380 e. The average Bonchev–Trinajstić information content (AvgIpc) is 2.71. The second-order valence-electron chi connectivity index (χ2n) is 4.15. The summed E-state index contributed by atoms with van der Waals surface area (Å²) >= 11 is 0. The van der Waals surface area contributed by atoms with Crippen molar-refractivity contribution in [1.29, 1.82) is 0 Å². The molecule has 3 nitrogen and oxygen atoms in total. The zero-order valence-corrected chi connectivity index (χ0v) is 10.00. The number of nitrogens with zero attached hydrogens (tertiary/aromatic N) is 1. The van der Waals surface area contributed by atoms with Gasteiger partial charge in [-0.1, -0.05) is 13.3 Å². The van der Waals surface area contributed by atoms with Gasteiger partial charge in [0.15, 0.2) is 0 Å². The summed E-state index contributed by atoms with van der Waals surface area (Å²) in [5.74, 6) is 0.319. The molecule has 1 atom stereocenters. The highest BCUT2D eigenvalue weighted by Gasteiger charge is 2.27. The number of rotatable bonds is 6. The fraction of sp³-hybridized carbons (Fsp3) is 0.917. The number of hydrogen-bond acceptors (Lipinski definition) is 2. The maximum absolute atomic E-state index is 11.8. The number of carbonyl (C=O) groups excluding carboxylic acids is 1. The molecule has 0 spiro atoms. The molecule has 3 heteroatoms. The van der Waals surface area contributed by atoms with E-state index < -0.39 is 0 Å². The molecule has 88 valence electrons. The summed E-state index contributed by atoms with van der Waals surface area (Å²) in [7, 11) is 0. The maximum atomic E-state index is 11.8. The average molecular weight is 213 g/mol. The Labute approximate surface area is 92.8 Å². The van der Waals surface area contributed by atoms with Crippen LogP contribution in [0.15, 0.2) is 0 Å². The van der Waals surface area contributed by atoms with E-state index in [0.29, 0.717) is 25.0 Å². The monoisotopic (exact) mass is 213 g/mol. The Kier molecular flexibility index (Phi) is 5.69. The van der Waals surface area contributed by atoms with Gasteiger partial charge in [-0.3, -0.25) is 4.79 Å². The van der Waals surface area contributed by atoms with Crippen molar-refractivity contribution in [3.05, 3.63) is 0 Å². The Morgan fingerprint density at radius 2 is 2.27 bits per heavy atom. The Morgan fingerprint density at radius 1 is 1.47 bits per heavy atom. The summed E-state index contributed by atoms with van der Waals surface area (Å²) in [6.07, 6.45) is 5.05. The van der Waals surface area contributed by atoms with Crippen molar-refractivity contribution in [2.75, 3.05) is 19.8 Å². The molecule has 0 radical (unpaired) electrons. The number of amides is 1. The second-order valence-corrected chi connectivity index (χ2v) is 4.15. The lowest BCUT2D eigenvalue weighted by atomic mass is 10.2. The van der Waals surface area contributed by atoms with Gasteiger partial charge in [0.1, 0.15) is 0 Å². The van der Waals surface area contributed by atoms with Crippen LogP contribution in [0.1, 0.15) is 46.0 Å². The van der Waals surface area contributed by atoms with Crippen LogP contribution >= 0.6 is 0 Å². The molecule has 0 aromatic heterocycles. The summed E-state index contributed by atoms with van der Waals surface area (Å²) < 4.78 is 5.41. The highest BCUT2D eigenvalue weighted by atomic mass is 16.5. The third-order valence-electron chi connectivity index (χ3n) is 2.96. The SMILES string of the molecule is CCCCC(=O)N1CCCC1COCC. The van der Waals surface area contributed by atoms with E-state index in [4.69, 9.17) is 4.74 Å². The first-order valence-electron chi connectivity index (χ1n) is 6.16. The van der Waals surface area contributed by atoms with Crippen LogP contribution in [0.25, 0.3) is 0 Å². The van der Waals surface area contributed by atoms with Crippen LogP contribution in [0.5, 0.6) is 0 Å². The fourth-order valence-corrected chi connectivity index (χ4v) is 2.06. The minimum absolute atomic E-state index is 0.319. The van der Waals surface area contributed by atoms with E-state index in [1.165, 1.54) is 0 Å². The van der Waals surface area contributed by atoms with E-state index in [-0.39, 0.29) is 0 Å². The number of carbonyl (C=O) groups is 1. The van der Waals surface area contributed by atoms with Crippen molar-refractivity contribution in [3.63, 3.8) is 0 Å². The highest BCUT2D eigenvalue weighted by molar-refractivity contribution is 5.76. The molecule has 1 amide bonds. The van der Waals surface area contributed by atoms with E-state index in [1.807, 2.05) is 11.8 Å². The number of unbranched alkanes of at least 4 members (excludes halogenated alkanes) is 1. The molecule has 0 saturated carbocycles. The fourth-order valence-electron chi connectivity index (χ4n) is 2.06. The summed E-state index contributed by atoms with van der Waals surface area (Å²) in [4.78, 5) is 13.9. The molecule has 0 aromatic carbocycles. The second kappa shape index (κ2) is 6.83. The third-order valence-corrected chi connectivity index (χ3v) is 2.96. The Hall–Kier alpha value is -0.570. The zero-order chi connectivity index (χ0) is 11.1. The summed E-state index contributed by atoms with van der Waals surface area (Å²) in [5, 5.41) is 0. The van der Waals surface area contributed by atoms with E-state index in [2.05, 4.69) is 6.92 Å². The first-order valence-corrected chi connectivity index (χ1v) is 6.16. The lowest BCUT2D eigenvalue weighted by Crippen LogP contribution is -2.38. The first-order chi connectivity index (χ1) is 7.29. The van der Waals surface area contributed by atoms with Gasteiger partial charge in [0.05, 0.1) is 12.6 Å². The summed E-state index contributed by atoms with van der Waals surface area (Å²) in [5.41, 5.74) is 0. The van der Waals surface area contributed by atoms with E-state index in [9.17, 15) is 4.79 Å². The molecule has 0 aromatic rings. The molecule has 1 aliphatic heterocycles. The van der Waals surface area contributed by atoms with E-state index in [0.717, 1.165) is 38.8 Å². The standard InChI is InChI=1S/C12H23NO2/c1-3-5-8-12(14)13-9-6-7-11(13)10-15-4-2/h11H,3-10H2,1-2H3. The number of ether oxygens (including phenoxy) is 1. The largest absolute Gasteiger partial charge is 0.380 e. The molecule has 1 rings (SSSR count). The molecule has 1 aliphatic rings. The van der Waals surface area contributed by atoms with Crippen molar-refractivity contribution < 1.29 is 9.53 Å². The smallest absolute Gasteiger partial charge is 0.222 e. The van der Waals surface area contributed by atoms with Crippen molar-refractivity contribution in [2.24, 2.45) is 0 Å². The van der Waals surface area contributed by atoms with Crippen LogP contribution < -0.4 is 0 Å². The van der Waals surface area contributed by atoms with Crippen LogP contribution in [-0.4, -0.2) is 36.6 Å². The van der Waals surface area contributed by atoms with Gasteiger partial charge in [0, 0.05) is 19.6 Å². The molecular formula is C12H23NO2. The van der Waals surface area contributed by atoms with Crippen LogP contribution in [0, 0.1) is 0 Å². The number of likely N-dealkylation sites (tertiary alicyclic amines) is 1. The van der Waals surface area contributed by atoms with Gasteiger partial charge < -0.3 is 9.64 Å². The maximum Gasteiger partial charge on any atom is 0.222 e. The van der Waals surface area contributed by atoms with Gasteiger partial charge in [0.2, 0.25) is 5.91 Å². The summed E-state index contributed by atoms with van der Waals surface area (Å²) in [6, 6.07) is 0.342. The quantitative estimate of drug-likeness (QED) is 0.677. The molecule has 1 fully saturated rings. The van der Waals surface area contributed by atoms with Gasteiger partial charge in [0.25, 0.3) is 0 Å². The first kappa shape index (κ1) is 12.5. The van der Waals surface area contributed by atoms with Gasteiger partial charge in [-0.15, -0.1) is 0 Å². The lowest BCUT2D eigenvalue weighted by Gasteiger charge is -2.24. The summed E-state index contributed by atoms with van der Waals surface area (Å²) in [6.45, 7) is 6.51. The Balaban J connectivity index is 2.34. The van der Waals surface area contributed by atoms with Crippen LogP contribution in [-0.2, 0) is 9.53 Å². The zero-order valence-electron chi connectivity index (χ0n) is 10.00. The molecular weight excluding hydrogens is 190 g/mol. The van der Waals surface area contributed by atoms with Gasteiger partial charge >= 0.3 is 0 Å². The van der Waals surface area contributed by atoms with Crippen molar-refractivity contribution in [2.45, 2.75) is 52.0 Å². The molecule has 0 bridgehead atoms. The van der Waals surface area contributed by atoms with E-state index >= 15 is 0 Å². The number of hydrogen-bond donors (Lipinski definition) is 0. The van der Waals surface area contributed by atoms with Crippen LogP contribution in [0.2, 0.25) is 0 Å². The Morgan fingerprint density at radius 3 is 2.93 bits per heavy atom. The topological polar surface area (TPSA) is 29.5 Å². The van der Waals surface area contributed by atoms with Crippen LogP contribution in [0.3, 0.4) is 0 Å². The van der Waals surface area contributed by atoms with E-state index in [1.54, 1.807) is 0 Å². The minimum atomic E-state index is 0.319. The predicted octanol–water partition coefficient (Wildman–Crippen LogP) is 2.20. The predicted molar refractivity (Wildman–Crippen MR) is 60.8 cm³/mol. The van der Waals surface area contributed by atoms with Crippen molar-refractivity contribution in [1.82, 2.24) is 4.90 Å². The Bertz CT molecular complexity index is 194. The molecule has 1 saturated heterocycles.